The van der Waals surface area contributed by atoms with Gasteiger partial charge in [0.1, 0.15) is 5.78 Å². The molecular formula is C29H38N2O2. The summed E-state index contributed by atoms with van der Waals surface area (Å²) in [4.78, 5) is 28.0. The Morgan fingerprint density at radius 3 is 2.24 bits per heavy atom. The van der Waals surface area contributed by atoms with Crippen LogP contribution in [0.1, 0.15) is 81.8 Å². The molecule has 2 aromatic carbocycles. The van der Waals surface area contributed by atoms with E-state index in [0.717, 1.165) is 43.6 Å². The molecule has 0 radical (unpaired) electrons. The Bertz CT molecular complexity index is 908. The van der Waals surface area contributed by atoms with Crippen LogP contribution in [0.3, 0.4) is 0 Å². The maximum atomic E-state index is 13.1. The number of anilines is 1. The molecule has 33 heavy (non-hydrogen) atoms. The number of carbonyl (C=O) groups is 2. The molecule has 1 aliphatic heterocycles. The minimum atomic E-state index is -0.404. The number of Topliss-reactive ketones (excluding diaryl/α,β-unsaturated/α-hetero) is 1. The van der Waals surface area contributed by atoms with Crippen LogP contribution in [0.2, 0.25) is 0 Å². The number of ketones is 1. The van der Waals surface area contributed by atoms with Crippen molar-refractivity contribution in [2.24, 2.45) is 0 Å². The third-order valence-electron chi connectivity index (χ3n) is 7.69. The minimum Gasteiger partial charge on any atom is -0.325 e. The Morgan fingerprint density at radius 1 is 0.939 bits per heavy atom. The highest BCUT2D eigenvalue weighted by Crippen LogP contribution is 2.38. The zero-order chi connectivity index (χ0) is 23.1. The van der Waals surface area contributed by atoms with Gasteiger partial charge in [-0.3, -0.25) is 14.5 Å². The van der Waals surface area contributed by atoms with Crippen LogP contribution >= 0.6 is 0 Å². The number of carbonyl (C=O) groups excluding carboxylic acids is 2. The van der Waals surface area contributed by atoms with Gasteiger partial charge < -0.3 is 5.32 Å². The summed E-state index contributed by atoms with van der Waals surface area (Å²) in [6.45, 7) is 3.96. The fourth-order valence-electron chi connectivity index (χ4n) is 5.72. The second-order valence-corrected chi connectivity index (χ2v) is 9.90. The highest BCUT2D eigenvalue weighted by atomic mass is 16.2. The van der Waals surface area contributed by atoms with Crippen molar-refractivity contribution in [1.82, 2.24) is 4.90 Å². The molecular weight excluding hydrogens is 408 g/mol. The summed E-state index contributed by atoms with van der Waals surface area (Å²) in [7, 11) is 0. The number of hydrogen-bond donors (Lipinski definition) is 1. The van der Waals surface area contributed by atoms with E-state index < -0.39 is 5.41 Å². The average molecular weight is 447 g/mol. The molecule has 2 aromatic rings. The number of hydrogen-bond acceptors (Lipinski definition) is 3. The molecule has 1 heterocycles. The summed E-state index contributed by atoms with van der Waals surface area (Å²) >= 11 is 0. The van der Waals surface area contributed by atoms with Gasteiger partial charge in [0.2, 0.25) is 5.91 Å². The summed E-state index contributed by atoms with van der Waals surface area (Å²) in [5.41, 5.74) is 3.00. The van der Waals surface area contributed by atoms with Crippen molar-refractivity contribution in [2.45, 2.75) is 76.0 Å². The van der Waals surface area contributed by atoms with E-state index >= 15 is 0 Å². The first kappa shape index (κ1) is 23.7. The first-order chi connectivity index (χ1) is 16.1. The van der Waals surface area contributed by atoms with Gasteiger partial charge in [-0.05, 0) is 74.4 Å². The van der Waals surface area contributed by atoms with Crippen LogP contribution in [0.15, 0.2) is 54.6 Å². The molecule has 176 valence electrons. The average Bonchev–Trinajstić information content (AvgIpc) is 2.86. The molecule has 1 aliphatic carbocycles. The molecule has 4 heteroatoms. The lowest BCUT2D eigenvalue weighted by Crippen LogP contribution is -2.49. The van der Waals surface area contributed by atoms with Crippen LogP contribution in [0.5, 0.6) is 0 Å². The molecule has 2 aliphatic rings. The predicted octanol–water partition coefficient (Wildman–Crippen LogP) is 6.08. The zero-order valence-electron chi connectivity index (χ0n) is 20.0. The number of nitrogens with one attached hydrogen (secondary N) is 1. The number of piperidine rings is 1. The van der Waals surface area contributed by atoms with Crippen molar-refractivity contribution in [3.63, 3.8) is 0 Å². The van der Waals surface area contributed by atoms with Gasteiger partial charge in [0.25, 0.3) is 0 Å². The van der Waals surface area contributed by atoms with Crippen molar-refractivity contribution in [3.8, 4) is 0 Å². The standard InChI is InChI=1S/C29H38N2O2/c1-2-9-27(32)29(25-12-7-4-8-13-25)18-20-31(21-19-29)22-28(33)30-26-16-14-24(15-17-26)23-10-5-3-6-11-23/h4,7-8,12-17,23H,2-3,5-6,9-11,18-22H2,1H3,(H,30,33). The van der Waals surface area contributed by atoms with E-state index in [4.69, 9.17) is 0 Å². The molecule has 0 atom stereocenters. The van der Waals surface area contributed by atoms with Gasteiger partial charge in [0.05, 0.1) is 12.0 Å². The van der Waals surface area contributed by atoms with Gasteiger partial charge in [0.15, 0.2) is 0 Å². The van der Waals surface area contributed by atoms with E-state index in [1.807, 2.05) is 30.3 Å². The molecule has 1 amide bonds. The van der Waals surface area contributed by atoms with E-state index in [1.54, 1.807) is 0 Å². The van der Waals surface area contributed by atoms with E-state index in [-0.39, 0.29) is 5.91 Å². The monoisotopic (exact) mass is 446 g/mol. The zero-order valence-corrected chi connectivity index (χ0v) is 20.0. The maximum absolute atomic E-state index is 13.1. The minimum absolute atomic E-state index is 0.0208. The van der Waals surface area contributed by atoms with Crippen LogP contribution in [0, 0.1) is 0 Å². The number of benzene rings is 2. The van der Waals surface area contributed by atoms with Crippen LogP contribution in [0.25, 0.3) is 0 Å². The van der Waals surface area contributed by atoms with E-state index in [0.29, 0.717) is 24.7 Å². The largest absolute Gasteiger partial charge is 0.325 e. The number of rotatable bonds is 8. The van der Waals surface area contributed by atoms with Crippen LogP contribution in [0.4, 0.5) is 5.69 Å². The van der Waals surface area contributed by atoms with Crippen molar-refractivity contribution in [3.05, 3.63) is 65.7 Å². The SMILES string of the molecule is CCCC(=O)C1(c2ccccc2)CCN(CC(=O)Nc2ccc(C3CCCCC3)cc2)CC1. The third kappa shape index (κ3) is 5.73. The molecule has 1 saturated carbocycles. The lowest BCUT2D eigenvalue weighted by Gasteiger charge is -2.41. The Morgan fingerprint density at radius 2 is 1.61 bits per heavy atom. The quantitative estimate of drug-likeness (QED) is 0.535. The summed E-state index contributed by atoms with van der Waals surface area (Å²) in [6, 6.07) is 18.7. The Hall–Kier alpha value is -2.46. The fourth-order valence-corrected chi connectivity index (χ4v) is 5.72. The van der Waals surface area contributed by atoms with E-state index in [9.17, 15) is 9.59 Å². The molecule has 4 nitrogen and oxygen atoms in total. The normalized spacial score (nSPS) is 19.2. The number of amides is 1. The second-order valence-electron chi connectivity index (χ2n) is 9.90. The second kappa shape index (κ2) is 11.1. The first-order valence-electron chi connectivity index (χ1n) is 12.8. The van der Waals surface area contributed by atoms with Gasteiger partial charge >= 0.3 is 0 Å². The number of nitrogens with zero attached hydrogens (tertiary/aromatic N) is 1. The van der Waals surface area contributed by atoms with Gasteiger partial charge in [-0.1, -0.05) is 68.7 Å². The van der Waals surface area contributed by atoms with Crippen molar-refractivity contribution in [2.75, 3.05) is 25.0 Å². The van der Waals surface area contributed by atoms with Crippen LogP contribution < -0.4 is 5.32 Å². The summed E-state index contributed by atoms with van der Waals surface area (Å²) in [5, 5.41) is 3.07. The smallest absolute Gasteiger partial charge is 0.238 e. The molecule has 0 spiro atoms. The van der Waals surface area contributed by atoms with E-state index in [2.05, 4.69) is 41.4 Å². The van der Waals surface area contributed by atoms with Gasteiger partial charge in [-0.15, -0.1) is 0 Å². The Labute approximate surface area is 198 Å². The molecule has 2 fully saturated rings. The molecule has 4 rings (SSSR count). The van der Waals surface area contributed by atoms with Crippen molar-refractivity contribution in [1.29, 1.82) is 0 Å². The molecule has 0 aromatic heterocycles. The lowest BCUT2D eigenvalue weighted by molar-refractivity contribution is -0.126. The van der Waals surface area contributed by atoms with Gasteiger partial charge in [0, 0.05) is 12.1 Å². The predicted molar refractivity (Wildman–Crippen MR) is 135 cm³/mol. The topological polar surface area (TPSA) is 49.4 Å². The third-order valence-corrected chi connectivity index (χ3v) is 7.69. The van der Waals surface area contributed by atoms with E-state index in [1.165, 1.54) is 37.7 Å². The Balaban J connectivity index is 1.32. The van der Waals surface area contributed by atoms with Crippen molar-refractivity contribution >= 4 is 17.4 Å². The van der Waals surface area contributed by atoms with Crippen LogP contribution in [-0.2, 0) is 15.0 Å². The summed E-state index contributed by atoms with van der Waals surface area (Å²) in [6.07, 6.45) is 9.63. The highest BCUT2D eigenvalue weighted by Gasteiger charge is 2.41. The Kier molecular flexibility index (Phi) is 7.97. The van der Waals surface area contributed by atoms with Crippen molar-refractivity contribution < 1.29 is 9.59 Å². The molecule has 0 bridgehead atoms. The molecule has 1 N–H and O–H groups in total. The van der Waals surface area contributed by atoms with Gasteiger partial charge in [-0.25, -0.2) is 0 Å². The van der Waals surface area contributed by atoms with Crippen LogP contribution in [-0.4, -0.2) is 36.2 Å². The van der Waals surface area contributed by atoms with Gasteiger partial charge in [-0.2, -0.15) is 0 Å². The first-order valence-corrected chi connectivity index (χ1v) is 12.8. The highest BCUT2D eigenvalue weighted by molar-refractivity contribution is 5.92. The molecule has 0 unspecified atom stereocenters. The molecule has 1 saturated heterocycles. The summed E-state index contributed by atoms with van der Waals surface area (Å²) < 4.78 is 0. The number of likely N-dealkylation sites (tertiary alicyclic amines) is 1. The maximum Gasteiger partial charge on any atom is 0.238 e. The fraction of sp³-hybridized carbons (Fsp3) is 0.517. The lowest BCUT2D eigenvalue weighted by atomic mass is 9.68. The summed E-state index contributed by atoms with van der Waals surface area (Å²) in [5.74, 6) is 1.04.